The van der Waals surface area contributed by atoms with E-state index >= 15 is 0 Å². The van der Waals surface area contributed by atoms with Crippen LogP contribution < -0.4 is 5.32 Å². The van der Waals surface area contributed by atoms with Gasteiger partial charge in [0, 0.05) is 18.7 Å². The molecule has 1 aromatic rings. The van der Waals surface area contributed by atoms with E-state index in [1.807, 2.05) is 6.07 Å². The Morgan fingerprint density at radius 3 is 3.12 bits per heavy atom. The van der Waals surface area contributed by atoms with E-state index in [-0.39, 0.29) is 12.4 Å². The summed E-state index contributed by atoms with van der Waals surface area (Å²) in [5.41, 5.74) is 1.02. The molecule has 1 aliphatic rings. The summed E-state index contributed by atoms with van der Waals surface area (Å²) in [7, 11) is 2.17. The van der Waals surface area contributed by atoms with E-state index in [4.69, 9.17) is 4.52 Å². The fourth-order valence-electron chi connectivity index (χ4n) is 2.15. The van der Waals surface area contributed by atoms with Crippen LogP contribution in [-0.2, 0) is 6.54 Å². The normalized spacial score (nSPS) is 21.5. The lowest BCUT2D eigenvalue weighted by Crippen LogP contribution is -2.32. The highest BCUT2D eigenvalue weighted by molar-refractivity contribution is 5.85. The number of nitrogens with zero attached hydrogens (tertiary/aromatic N) is 2. The van der Waals surface area contributed by atoms with Crippen molar-refractivity contribution in [2.45, 2.75) is 31.8 Å². The molecule has 16 heavy (non-hydrogen) atoms. The second kappa shape index (κ2) is 6.89. The number of aromatic nitrogens is 1. The fraction of sp³-hybridized carbons (Fsp3) is 0.727. The first-order valence-corrected chi connectivity index (χ1v) is 5.66. The zero-order valence-electron chi connectivity index (χ0n) is 9.69. The Hall–Kier alpha value is -0.580. The maximum atomic E-state index is 4.84. The molecule has 0 spiro atoms. The van der Waals surface area contributed by atoms with Crippen LogP contribution in [-0.4, -0.2) is 36.2 Å². The molecular formula is C11H20ClN3O. The second-order valence-corrected chi connectivity index (χ2v) is 4.24. The molecule has 0 aromatic carbocycles. The minimum Gasteiger partial charge on any atom is -0.364 e. The molecule has 4 nitrogen and oxygen atoms in total. The molecular weight excluding hydrogens is 226 g/mol. The van der Waals surface area contributed by atoms with Crippen LogP contribution in [0, 0.1) is 0 Å². The lowest BCUT2D eigenvalue weighted by Gasteiger charge is -2.25. The van der Waals surface area contributed by atoms with E-state index in [1.54, 1.807) is 6.26 Å². The molecule has 1 aliphatic heterocycles. The van der Waals surface area contributed by atoms with Crippen LogP contribution in [0.3, 0.4) is 0 Å². The molecule has 1 fully saturated rings. The minimum absolute atomic E-state index is 0. The Bertz CT molecular complexity index is 271. The summed E-state index contributed by atoms with van der Waals surface area (Å²) in [4.78, 5) is 2.38. The van der Waals surface area contributed by atoms with Gasteiger partial charge in [-0.3, -0.25) is 4.90 Å². The van der Waals surface area contributed by atoms with Gasteiger partial charge in [-0.2, -0.15) is 0 Å². The van der Waals surface area contributed by atoms with Crippen molar-refractivity contribution in [3.05, 3.63) is 18.0 Å². The minimum atomic E-state index is 0. The summed E-state index contributed by atoms with van der Waals surface area (Å²) < 4.78 is 4.84. The molecule has 1 saturated heterocycles. The topological polar surface area (TPSA) is 41.3 Å². The third-order valence-corrected chi connectivity index (χ3v) is 3.07. The van der Waals surface area contributed by atoms with Gasteiger partial charge in [0.05, 0.1) is 5.69 Å². The zero-order chi connectivity index (χ0) is 10.5. The first-order valence-electron chi connectivity index (χ1n) is 5.66. The molecule has 92 valence electrons. The highest BCUT2D eigenvalue weighted by atomic mass is 35.5. The number of hydrogen-bond acceptors (Lipinski definition) is 4. The third-order valence-electron chi connectivity index (χ3n) is 3.07. The van der Waals surface area contributed by atoms with Crippen molar-refractivity contribution in [3.8, 4) is 0 Å². The van der Waals surface area contributed by atoms with Gasteiger partial charge >= 0.3 is 0 Å². The second-order valence-electron chi connectivity index (χ2n) is 4.24. The predicted molar refractivity (Wildman–Crippen MR) is 65.7 cm³/mol. The first-order chi connectivity index (χ1) is 7.36. The Labute approximate surface area is 103 Å². The first kappa shape index (κ1) is 13.5. The maximum Gasteiger partial charge on any atom is 0.124 e. The molecule has 0 saturated carbocycles. The highest BCUT2D eigenvalue weighted by Gasteiger charge is 2.17. The Morgan fingerprint density at radius 2 is 2.38 bits per heavy atom. The van der Waals surface area contributed by atoms with Crippen molar-refractivity contribution in [1.82, 2.24) is 15.4 Å². The number of halogens is 1. The van der Waals surface area contributed by atoms with Crippen molar-refractivity contribution >= 4 is 12.4 Å². The summed E-state index contributed by atoms with van der Waals surface area (Å²) in [6.45, 7) is 3.18. The SMILES string of the molecule is CN(Cc1ccon1)C1CCCNCC1.Cl. The maximum absolute atomic E-state index is 4.84. The molecule has 1 N–H and O–H groups in total. The lowest BCUT2D eigenvalue weighted by molar-refractivity contribution is 0.211. The summed E-state index contributed by atoms with van der Waals surface area (Å²) >= 11 is 0. The molecule has 1 unspecified atom stereocenters. The number of rotatable bonds is 3. The van der Waals surface area contributed by atoms with Crippen LogP contribution in [0.15, 0.2) is 16.9 Å². The van der Waals surface area contributed by atoms with Crippen LogP contribution in [0.25, 0.3) is 0 Å². The average Bonchev–Trinajstić information content (AvgIpc) is 2.58. The van der Waals surface area contributed by atoms with Gasteiger partial charge in [0.25, 0.3) is 0 Å². The number of hydrogen-bond donors (Lipinski definition) is 1. The summed E-state index contributed by atoms with van der Waals surface area (Å²) in [5, 5.41) is 7.37. The molecule has 1 atom stereocenters. The molecule has 0 bridgehead atoms. The van der Waals surface area contributed by atoms with Crippen molar-refractivity contribution in [2.75, 3.05) is 20.1 Å². The van der Waals surface area contributed by atoms with Gasteiger partial charge in [-0.05, 0) is 39.4 Å². The van der Waals surface area contributed by atoms with Gasteiger partial charge in [0.2, 0.25) is 0 Å². The van der Waals surface area contributed by atoms with Gasteiger partial charge in [0.1, 0.15) is 6.26 Å². The third kappa shape index (κ3) is 3.77. The van der Waals surface area contributed by atoms with E-state index in [9.17, 15) is 0 Å². The van der Waals surface area contributed by atoms with Crippen molar-refractivity contribution in [2.24, 2.45) is 0 Å². The highest BCUT2D eigenvalue weighted by Crippen LogP contribution is 2.13. The Balaban J connectivity index is 0.00000128. The van der Waals surface area contributed by atoms with Gasteiger partial charge < -0.3 is 9.84 Å². The molecule has 2 rings (SSSR count). The predicted octanol–water partition coefficient (Wildman–Crippen LogP) is 1.67. The molecule has 5 heteroatoms. The largest absolute Gasteiger partial charge is 0.364 e. The van der Waals surface area contributed by atoms with Crippen LogP contribution in [0.5, 0.6) is 0 Å². The van der Waals surface area contributed by atoms with E-state index in [1.165, 1.54) is 19.3 Å². The van der Waals surface area contributed by atoms with E-state index in [0.29, 0.717) is 6.04 Å². The van der Waals surface area contributed by atoms with Crippen molar-refractivity contribution < 1.29 is 4.52 Å². The van der Waals surface area contributed by atoms with Gasteiger partial charge in [0.15, 0.2) is 0 Å². The zero-order valence-corrected chi connectivity index (χ0v) is 10.5. The molecule has 0 amide bonds. The standard InChI is InChI=1S/C11H19N3O.ClH/c1-14(9-10-5-8-15-13-10)11-3-2-6-12-7-4-11;/h5,8,11-12H,2-4,6-7,9H2,1H3;1H. The average molecular weight is 246 g/mol. The van der Waals surface area contributed by atoms with Crippen LogP contribution >= 0.6 is 12.4 Å². The smallest absolute Gasteiger partial charge is 0.124 e. The van der Waals surface area contributed by atoms with Crippen LogP contribution in [0.4, 0.5) is 0 Å². The summed E-state index contributed by atoms with van der Waals surface area (Å²) in [6, 6.07) is 2.61. The fourth-order valence-corrected chi connectivity index (χ4v) is 2.15. The summed E-state index contributed by atoms with van der Waals surface area (Å²) in [5.74, 6) is 0. The van der Waals surface area contributed by atoms with Gasteiger partial charge in [-0.25, -0.2) is 0 Å². The Kier molecular flexibility index (Phi) is 5.80. The number of nitrogens with one attached hydrogen (secondary N) is 1. The van der Waals surface area contributed by atoms with Crippen molar-refractivity contribution in [1.29, 1.82) is 0 Å². The Morgan fingerprint density at radius 1 is 1.50 bits per heavy atom. The molecule has 2 heterocycles. The molecule has 0 radical (unpaired) electrons. The van der Waals surface area contributed by atoms with Gasteiger partial charge in [-0.15, -0.1) is 12.4 Å². The van der Waals surface area contributed by atoms with Crippen LogP contribution in [0.2, 0.25) is 0 Å². The van der Waals surface area contributed by atoms with Crippen molar-refractivity contribution in [3.63, 3.8) is 0 Å². The monoisotopic (exact) mass is 245 g/mol. The van der Waals surface area contributed by atoms with E-state index in [0.717, 1.165) is 25.3 Å². The van der Waals surface area contributed by atoms with E-state index < -0.39 is 0 Å². The molecule has 0 aliphatic carbocycles. The van der Waals surface area contributed by atoms with Gasteiger partial charge in [-0.1, -0.05) is 5.16 Å². The van der Waals surface area contributed by atoms with Crippen LogP contribution in [0.1, 0.15) is 25.0 Å². The summed E-state index contributed by atoms with van der Waals surface area (Å²) in [6.07, 6.45) is 5.42. The lowest BCUT2D eigenvalue weighted by atomic mass is 10.1. The quantitative estimate of drug-likeness (QED) is 0.880. The van der Waals surface area contributed by atoms with E-state index in [2.05, 4.69) is 22.4 Å². The molecule has 1 aromatic heterocycles.